The van der Waals surface area contributed by atoms with Gasteiger partial charge in [0.05, 0.1) is 0 Å². The van der Waals surface area contributed by atoms with E-state index in [2.05, 4.69) is 25.7 Å². The Morgan fingerprint density at radius 1 is 0.583 bits per heavy atom. The first-order valence-corrected chi connectivity index (χ1v) is 8.67. The first-order valence-electron chi connectivity index (χ1n) is 8.67. The summed E-state index contributed by atoms with van der Waals surface area (Å²) >= 11 is 0. The lowest BCUT2D eigenvalue weighted by Gasteiger charge is -1.95. The summed E-state index contributed by atoms with van der Waals surface area (Å²) in [7, 11) is 0. The zero-order valence-electron chi connectivity index (χ0n) is 15.1. The number of hydrogen-bond donors (Lipinski definition) is 4. The van der Waals surface area contributed by atoms with Gasteiger partial charge in [0.15, 0.2) is 0 Å². The van der Waals surface area contributed by atoms with Gasteiger partial charge < -0.3 is 20.4 Å². The van der Waals surface area contributed by atoms with Crippen LogP contribution in [0.1, 0.15) is 90.9 Å². The zero-order chi connectivity index (χ0) is 19.1. The van der Waals surface area contributed by atoms with Gasteiger partial charge in [-0.3, -0.25) is 0 Å². The van der Waals surface area contributed by atoms with Gasteiger partial charge in [-0.15, -0.1) is 11.8 Å². The highest BCUT2D eigenvalue weighted by molar-refractivity contribution is 5.53. The molecule has 6 nitrogen and oxygen atoms in total. The van der Waals surface area contributed by atoms with Crippen molar-refractivity contribution in [3.05, 3.63) is 0 Å². The van der Waals surface area contributed by atoms with Crippen molar-refractivity contribution in [3.63, 3.8) is 0 Å². The first kappa shape index (κ1) is 27.0. The van der Waals surface area contributed by atoms with Crippen molar-refractivity contribution in [1.29, 1.82) is 0 Å². The summed E-state index contributed by atoms with van der Waals surface area (Å²) in [6.07, 6.45) is 12.2. The number of carboxylic acid groups (broad SMARTS) is 4. The van der Waals surface area contributed by atoms with Gasteiger partial charge in [0.1, 0.15) is 0 Å². The van der Waals surface area contributed by atoms with E-state index in [4.69, 9.17) is 30.0 Å². The predicted molar refractivity (Wildman–Crippen MR) is 95.8 cm³/mol. The second-order valence-electron chi connectivity index (χ2n) is 5.25. The third-order valence-electron chi connectivity index (χ3n) is 2.94. The smallest absolute Gasteiger partial charge is 0.450 e. The van der Waals surface area contributed by atoms with Gasteiger partial charge in [0.25, 0.3) is 0 Å². The third kappa shape index (κ3) is 59.5. The summed E-state index contributed by atoms with van der Waals surface area (Å²) < 4.78 is 0. The Bertz CT molecular complexity index is 292. The molecule has 0 fully saturated rings. The molecule has 0 heterocycles. The van der Waals surface area contributed by atoms with Crippen LogP contribution in [0.25, 0.3) is 0 Å². The normalized spacial score (nSPS) is 8.58. The van der Waals surface area contributed by atoms with Crippen LogP contribution in [0, 0.1) is 11.8 Å². The molecule has 0 aliphatic carbocycles. The van der Waals surface area contributed by atoms with Gasteiger partial charge >= 0.3 is 12.3 Å². The van der Waals surface area contributed by atoms with Gasteiger partial charge in [-0.05, 0) is 12.8 Å². The molecule has 0 aliphatic rings. The van der Waals surface area contributed by atoms with Crippen molar-refractivity contribution in [2.45, 2.75) is 90.9 Å². The molecule has 6 heteroatoms. The van der Waals surface area contributed by atoms with E-state index in [9.17, 15) is 0 Å². The summed E-state index contributed by atoms with van der Waals surface area (Å²) in [6.45, 7) is 4.52. The molecule has 0 aromatic rings. The van der Waals surface area contributed by atoms with Crippen LogP contribution < -0.4 is 0 Å². The maximum Gasteiger partial charge on any atom is 0.503 e. The minimum atomic E-state index is -1.83. The topological polar surface area (TPSA) is 115 Å². The fourth-order valence-electron chi connectivity index (χ4n) is 1.81. The average molecular weight is 346 g/mol. The van der Waals surface area contributed by atoms with Crippen molar-refractivity contribution < 1.29 is 30.0 Å². The minimum absolute atomic E-state index is 1.12. The first-order chi connectivity index (χ1) is 11.4. The van der Waals surface area contributed by atoms with E-state index in [1.807, 2.05) is 0 Å². The number of rotatable bonds is 10. The predicted octanol–water partition coefficient (Wildman–Crippen LogP) is 6.16. The Balaban J connectivity index is -0.000000457. The molecule has 0 aromatic heterocycles. The van der Waals surface area contributed by atoms with Crippen molar-refractivity contribution in [3.8, 4) is 11.8 Å². The van der Waals surface area contributed by atoms with Crippen molar-refractivity contribution in [1.82, 2.24) is 0 Å². The molecule has 0 aromatic carbocycles. The largest absolute Gasteiger partial charge is 0.503 e. The molecule has 0 radical (unpaired) electrons. The summed E-state index contributed by atoms with van der Waals surface area (Å²) in [6, 6.07) is 0. The maximum absolute atomic E-state index is 8.56. The van der Waals surface area contributed by atoms with Gasteiger partial charge in [0, 0.05) is 12.8 Å². The highest BCUT2D eigenvalue weighted by Gasteiger charge is 1.87. The van der Waals surface area contributed by atoms with Gasteiger partial charge in [-0.2, -0.15) is 0 Å². The molecule has 4 N–H and O–H groups in total. The summed E-state index contributed by atoms with van der Waals surface area (Å²) in [5.74, 6) is 6.61. The van der Waals surface area contributed by atoms with Crippen LogP contribution in [0.3, 0.4) is 0 Å². The van der Waals surface area contributed by atoms with Crippen molar-refractivity contribution in [2.24, 2.45) is 0 Å². The zero-order valence-corrected chi connectivity index (χ0v) is 15.1. The lowest BCUT2D eigenvalue weighted by atomic mass is 10.1. The molecular formula is C18H34O6. The van der Waals surface area contributed by atoms with E-state index in [0.29, 0.717) is 0 Å². The fraction of sp³-hybridized carbons (Fsp3) is 0.778. The summed E-state index contributed by atoms with van der Waals surface area (Å²) in [5, 5.41) is 27.9. The van der Waals surface area contributed by atoms with E-state index in [-0.39, 0.29) is 0 Å². The molecule has 0 amide bonds. The number of unbranched alkanes of at least 4 members (excludes halogenated alkanes) is 10. The van der Waals surface area contributed by atoms with Gasteiger partial charge in [-0.25, -0.2) is 9.59 Å². The van der Waals surface area contributed by atoms with Gasteiger partial charge in [-0.1, -0.05) is 65.2 Å². The van der Waals surface area contributed by atoms with E-state index >= 15 is 0 Å². The van der Waals surface area contributed by atoms with Crippen LogP contribution in [-0.4, -0.2) is 32.7 Å². The van der Waals surface area contributed by atoms with Crippen molar-refractivity contribution >= 4 is 12.3 Å². The molecule has 0 rings (SSSR count). The Kier molecular flexibility index (Phi) is 29.2. The van der Waals surface area contributed by atoms with Crippen LogP contribution >= 0.6 is 0 Å². The number of carbonyl (C=O) groups is 2. The van der Waals surface area contributed by atoms with Crippen LogP contribution in [0.5, 0.6) is 0 Å². The SMILES string of the molecule is CCCCCCCC#CCCCCCCC.O=C(O)O.O=C(O)O. The quantitative estimate of drug-likeness (QED) is 0.278. The van der Waals surface area contributed by atoms with Crippen LogP contribution in [0.4, 0.5) is 9.59 Å². The Morgan fingerprint density at radius 3 is 1.08 bits per heavy atom. The number of hydrogen-bond acceptors (Lipinski definition) is 2. The summed E-state index contributed by atoms with van der Waals surface area (Å²) in [4.78, 5) is 17.1. The molecule has 0 unspecified atom stereocenters. The molecule has 0 aliphatic heterocycles. The van der Waals surface area contributed by atoms with Crippen LogP contribution in [0.15, 0.2) is 0 Å². The van der Waals surface area contributed by atoms with E-state index < -0.39 is 12.3 Å². The fourth-order valence-corrected chi connectivity index (χ4v) is 1.81. The van der Waals surface area contributed by atoms with E-state index in [1.54, 1.807) is 0 Å². The summed E-state index contributed by atoms with van der Waals surface area (Å²) in [5.41, 5.74) is 0. The maximum atomic E-state index is 8.56. The molecule has 142 valence electrons. The Hall–Kier alpha value is -1.90. The van der Waals surface area contributed by atoms with E-state index in [1.165, 1.54) is 64.2 Å². The van der Waals surface area contributed by atoms with Gasteiger partial charge in [0.2, 0.25) is 0 Å². The second kappa shape index (κ2) is 26.0. The standard InChI is InChI=1S/C16H30.2CH2O3/c1-3-5-7-9-11-13-15-16-14-12-10-8-6-4-2;2*2-1(3)4/h3-14H2,1-2H3;2*(H2,2,3,4). The lowest BCUT2D eigenvalue weighted by molar-refractivity contribution is 0.135. The Morgan fingerprint density at radius 2 is 0.833 bits per heavy atom. The average Bonchev–Trinajstić information content (AvgIpc) is 2.47. The molecule has 0 atom stereocenters. The minimum Gasteiger partial charge on any atom is -0.450 e. The monoisotopic (exact) mass is 346 g/mol. The highest BCUT2D eigenvalue weighted by Crippen LogP contribution is 2.05. The Labute approximate surface area is 145 Å². The third-order valence-corrected chi connectivity index (χ3v) is 2.94. The molecule has 0 bridgehead atoms. The van der Waals surface area contributed by atoms with Crippen LogP contribution in [0.2, 0.25) is 0 Å². The molecule has 0 spiro atoms. The molecule has 0 saturated carbocycles. The van der Waals surface area contributed by atoms with Crippen LogP contribution in [-0.2, 0) is 0 Å². The van der Waals surface area contributed by atoms with Crippen molar-refractivity contribution in [2.75, 3.05) is 0 Å². The van der Waals surface area contributed by atoms with E-state index in [0.717, 1.165) is 12.8 Å². The second-order valence-corrected chi connectivity index (χ2v) is 5.25. The lowest BCUT2D eigenvalue weighted by Crippen LogP contribution is -1.81. The molecule has 0 saturated heterocycles. The molecule has 24 heavy (non-hydrogen) atoms. The molecular weight excluding hydrogens is 312 g/mol. The highest BCUT2D eigenvalue weighted by atomic mass is 16.6.